The summed E-state index contributed by atoms with van der Waals surface area (Å²) in [4.78, 5) is 15.0. The van der Waals surface area contributed by atoms with Gasteiger partial charge in [0.25, 0.3) is 0 Å². The number of nitrogens with zero attached hydrogens (tertiary/aromatic N) is 1. The van der Waals surface area contributed by atoms with Gasteiger partial charge in [0.2, 0.25) is 0 Å². The van der Waals surface area contributed by atoms with Crippen LogP contribution in [0, 0.1) is 0 Å². The van der Waals surface area contributed by atoms with E-state index in [2.05, 4.69) is 26.2 Å². The fraction of sp³-hybridized carbons (Fsp3) is 0. The summed E-state index contributed by atoms with van der Waals surface area (Å²) in [6.07, 6.45) is 0. The Morgan fingerprint density at radius 1 is 1.33 bits per heavy atom. The van der Waals surface area contributed by atoms with Crippen LogP contribution in [0.15, 0.2) is 41.0 Å². The molecule has 0 aliphatic rings. The molecular weight excluding hydrogens is 298 g/mol. The first-order valence-corrected chi connectivity index (χ1v) is 5.88. The molecule has 5 nitrogen and oxygen atoms in total. The Bertz CT molecular complexity index is 602. The van der Waals surface area contributed by atoms with E-state index in [0.29, 0.717) is 21.8 Å². The number of hydrogen-bond donors (Lipinski definition) is 3. The Hall–Kier alpha value is -2.08. The first-order chi connectivity index (χ1) is 8.56. The topological polar surface area (TPSA) is 88.2 Å². The van der Waals surface area contributed by atoms with Gasteiger partial charge in [0.1, 0.15) is 10.4 Å². The SMILES string of the molecule is Nc1cc(C(=O)O)ccc1Nc1cccc(Br)n1. The zero-order chi connectivity index (χ0) is 13.1. The van der Waals surface area contributed by atoms with Gasteiger partial charge < -0.3 is 16.2 Å². The van der Waals surface area contributed by atoms with Crippen molar-refractivity contribution in [1.82, 2.24) is 4.98 Å². The van der Waals surface area contributed by atoms with Crippen molar-refractivity contribution in [1.29, 1.82) is 0 Å². The highest BCUT2D eigenvalue weighted by Crippen LogP contribution is 2.24. The summed E-state index contributed by atoms with van der Waals surface area (Å²) in [5.74, 6) is -0.381. The van der Waals surface area contributed by atoms with E-state index >= 15 is 0 Å². The van der Waals surface area contributed by atoms with Crippen molar-refractivity contribution >= 4 is 39.1 Å². The maximum Gasteiger partial charge on any atom is 0.335 e. The highest BCUT2D eigenvalue weighted by Gasteiger charge is 2.06. The number of aromatic carboxylic acids is 1. The van der Waals surface area contributed by atoms with Crippen LogP contribution >= 0.6 is 15.9 Å². The van der Waals surface area contributed by atoms with Crippen molar-refractivity contribution < 1.29 is 9.90 Å². The Balaban J connectivity index is 2.27. The van der Waals surface area contributed by atoms with Crippen LogP contribution in [0.1, 0.15) is 10.4 Å². The van der Waals surface area contributed by atoms with Crippen LogP contribution < -0.4 is 11.1 Å². The molecule has 4 N–H and O–H groups in total. The van der Waals surface area contributed by atoms with Gasteiger partial charge in [-0.15, -0.1) is 0 Å². The molecule has 0 saturated heterocycles. The van der Waals surface area contributed by atoms with E-state index in [9.17, 15) is 4.79 Å². The number of nitrogen functional groups attached to an aromatic ring is 1. The molecule has 1 aromatic heterocycles. The summed E-state index contributed by atoms with van der Waals surface area (Å²) in [7, 11) is 0. The molecule has 0 saturated carbocycles. The number of pyridine rings is 1. The van der Waals surface area contributed by atoms with Crippen molar-refractivity contribution in [2.75, 3.05) is 11.1 Å². The lowest BCUT2D eigenvalue weighted by molar-refractivity contribution is 0.0697. The average molecular weight is 308 g/mol. The maximum absolute atomic E-state index is 10.8. The number of nitrogens with one attached hydrogen (secondary N) is 1. The third kappa shape index (κ3) is 2.78. The highest BCUT2D eigenvalue weighted by atomic mass is 79.9. The number of benzene rings is 1. The third-order valence-electron chi connectivity index (χ3n) is 2.28. The normalized spacial score (nSPS) is 10.1. The van der Waals surface area contributed by atoms with E-state index in [0.717, 1.165) is 0 Å². The van der Waals surface area contributed by atoms with E-state index in [-0.39, 0.29) is 5.56 Å². The van der Waals surface area contributed by atoms with Crippen molar-refractivity contribution in [3.63, 3.8) is 0 Å². The molecule has 0 bridgehead atoms. The lowest BCUT2D eigenvalue weighted by Crippen LogP contribution is -2.02. The molecule has 0 atom stereocenters. The quantitative estimate of drug-likeness (QED) is 0.599. The molecule has 0 aliphatic heterocycles. The molecule has 1 aromatic carbocycles. The molecule has 92 valence electrons. The number of halogens is 1. The monoisotopic (exact) mass is 307 g/mol. The minimum atomic E-state index is -1.01. The van der Waals surface area contributed by atoms with Gasteiger partial charge in [-0.3, -0.25) is 0 Å². The number of carboxylic acid groups (broad SMARTS) is 1. The van der Waals surface area contributed by atoms with Crippen LogP contribution in [0.25, 0.3) is 0 Å². The average Bonchev–Trinajstić information content (AvgIpc) is 2.31. The highest BCUT2D eigenvalue weighted by molar-refractivity contribution is 9.10. The van der Waals surface area contributed by atoms with Crippen molar-refractivity contribution in [2.45, 2.75) is 0 Å². The number of carbonyl (C=O) groups is 1. The standard InChI is InChI=1S/C12H10BrN3O2/c13-10-2-1-3-11(16-10)15-9-5-4-7(12(17)18)6-8(9)14/h1-6H,14H2,(H,15,16)(H,17,18). The Labute approximate surface area is 112 Å². The molecule has 0 aliphatic carbocycles. The third-order valence-corrected chi connectivity index (χ3v) is 2.72. The second kappa shape index (κ2) is 5.05. The summed E-state index contributed by atoms with van der Waals surface area (Å²) < 4.78 is 0.702. The van der Waals surface area contributed by atoms with E-state index in [1.54, 1.807) is 12.1 Å². The number of hydrogen-bond acceptors (Lipinski definition) is 4. The Kier molecular flexibility index (Phi) is 3.47. The minimum absolute atomic E-state index is 0.153. The molecule has 0 amide bonds. The van der Waals surface area contributed by atoms with E-state index in [1.165, 1.54) is 12.1 Å². The van der Waals surface area contributed by atoms with E-state index in [1.807, 2.05) is 12.1 Å². The summed E-state index contributed by atoms with van der Waals surface area (Å²) in [5.41, 5.74) is 6.91. The van der Waals surface area contributed by atoms with Gasteiger partial charge in [-0.1, -0.05) is 6.07 Å². The predicted octanol–water partition coefficient (Wildman–Crippen LogP) is 2.87. The number of anilines is 3. The zero-order valence-corrected chi connectivity index (χ0v) is 10.8. The number of carboxylic acids is 1. The van der Waals surface area contributed by atoms with E-state index < -0.39 is 5.97 Å². The van der Waals surface area contributed by atoms with Gasteiger partial charge in [-0.05, 0) is 46.3 Å². The van der Waals surface area contributed by atoms with Gasteiger partial charge in [0.05, 0.1) is 16.9 Å². The molecule has 0 fully saturated rings. The van der Waals surface area contributed by atoms with Crippen LogP contribution in [0.3, 0.4) is 0 Å². The summed E-state index contributed by atoms with van der Waals surface area (Å²) in [5, 5.41) is 11.9. The van der Waals surface area contributed by atoms with Crippen molar-refractivity contribution in [3.05, 3.63) is 46.6 Å². The fourth-order valence-electron chi connectivity index (χ4n) is 1.43. The second-order valence-corrected chi connectivity index (χ2v) is 4.39. The Morgan fingerprint density at radius 3 is 2.72 bits per heavy atom. The number of nitrogens with two attached hydrogens (primary N) is 1. The van der Waals surface area contributed by atoms with Gasteiger partial charge in [-0.25, -0.2) is 9.78 Å². The molecule has 6 heteroatoms. The predicted molar refractivity (Wildman–Crippen MR) is 73.0 cm³/mol. The lowest BCUT2D eigenvalue weighted by atomic mass is 10.2. The van der Waals surface area contributed by atoms with Gasteiger partial charge in [-0.2, -0.15) is 0 Å². The number of aromatic nitrogens is 1. The summed E-state index contributed by atoms with van der Waals surface area (Å²) in [6.45, 7) is 0. The van der Waals surface area contributed by atoms with Crippen LogP contribution in [0.2, 0.25) is 0 Å². The molecular formula is C12H10BrN3O2. The molecule has 0 spiro atoms. The molecule has 18 heavy (non-hydrogen) atoms. The van der Waals surface area contributed by atoms with Crippen LogP contribution in [0.4, 0.5) is 17.2 Å². The summed E-state index contributed by atoms with van der Waals surface area (Å²) >= 11 is 3.26. The Morgan fingerprint density at radius 2 is 2.11 bits per heavy atom. The van der Waals surface area contributed by atoms with Crippen LogP contribution in [0.5, 0.6) is 0 Å². The first kappa shape index (κ1) is 12.4. The summed E-state index contributed by atoms with van der Waals surface area (Å²) in [6, 6.07) is 9.93. The lowest BCUT2D eigenvalue weighted by Gasteiger charge is -2.09. The largest absolute Gasteiger partial charge is 0.478 e. The van der Waals surface area contributed by atoms with Gasteiger partial charge in [0.15, 0.2) is 0 Å². The molecule has 0 radical (unpaired) electrons. The second-order valence-electron chi connectivity index (χ2n) is 3.58. The zero-order valence-electron chi connectivity index (χ0n) is 9.22. The fourth-order valence-corrected chi connectivity index (χ4v) is 1.77. The smallest absolute Gasteiger partial charge is 0.335 e. The molecule has 1 heterocycles. The van der Waals surface area contributed by atoms with Gasteiger partial charge in [0, 0.05) is 0 Å². The van der Waals surface area contributed by atoms with E-state index in [4.69, 9.17) is 10.8 Å². The maximum atomic E-state index is 10.8. The van der Waals surface area contributed by atoms with Crippen LogP contribution in [-0.4, -0.2) is 16.1 Å². The van der Waals surface area contributed by atoms with Crippen molar-refractivity contribution in [3.8, 4) is 0 Å². The first-order valence-electron chi connectivity index (χ1n) is 5.08. The number of rotatable bonds is 3. The molecule has 2 aromatic rings. The molecule has 0 unspecified atom stereocenters. The minimum Gasteiger partial charge on any atom is -0.478 e. The van der Waals surface area contributed by atoms with Crippen LogP contribution in [-0.2, 0) is 0 Å². The van der Waals surface area contributed by atoms with Gasteiger partial charge >= 0.3 is 5.97 Å². The van der Waals surface area contributed by atoms with Crippen molar-refractivity contribution in [2.24, 2.45) is 0 Å². The molecule has 2 rings (SSSR count).